The van der Waals surface area contributed by atoms with Gasteiger partial charge in [0.2, 0.25) is 5.88 Å². The molecule has 11 heteroatoms. The second-order valence-corrected chi connectivity index (χ2v) is 9.38. The fourth-order valence-corrected chi connectivity index (χ4v) is 4.59. The van der Waals surface area contributed by atoms with E-state index in [0.29, 0.717) is 11.3 Å². The van der Waals surface area contributed by atoms with Crippen LogP contribution in [0.15, 0.2) is 63.7 Å². The molecule has 0 bridgehead atoms. The summed E-state index contributed by atoms with van der Waals surface area (Å²) in [6, 6.07) is 11.3. The maximum Gasteiger partial charge on any atom is 0.290 e. The zero-order valence-electron chi connectivity index (χ0n) is 19.4. The zero-order chi connectivity index (χ0) is 26.4. The molecule has 3 aromatic carbocycles. The van der Waals surface area contributed by atoms with E-state index in [1.165, 1.54) is 28.8 Å². The van der Waals surface area contributed by atoms with Crippen LogP contribution in [-0.4, -0.2) is 25.9 Å². The van der Waals surface area contributed by atoms with E-state index in [1.54, 1.807) is 12.1 Å². The van der Waals surface area contributed by atoms with Crippen LogP contribution in [0.25, 0.3) is 22.7 Å². The van der Waals surface area contributed by atoms with E-state index in [0.717, 1.165) is 35.0 Å². The van der Waals surface area contributed by atoms with Gasteiger partial charge in [-0.1, -0.05) is 12.1 Å². The molecule has 2 amide bonds. The topological polar surface area (TPSA) is 116 Å². The number of aromatic nitrogens is 1. The third-order valence-electron chi connectivity index (χ3n) is 5.88. The minimum atomic E-state index is -0.891. The van der Waals surface area contributed by atoms with Crippen molar-refractivity contribution in [3.05, 3.63) is 81.8 Å². The van der Waals surface area contributed by atoms with Crippen molar-refractivity contribution >= 4 is 51.3 Å². The number of imide groups is 1. The van der Waals surface area contributed by atoms with Crippen molar-refractivity contribution in [1.82, 2.24) is 9.88 Å². The maximum atomic E-state index is 14.9. The monoisotopic (exact) mass is 520 g/mol. The van der Waals surface area contributed by atoms with Gasteiger partial charge >= 0.3 is 0 Å². The average Bonchev–Trinajstić information content (AvgIpc) is 3.29. The fourth-order valence-electron chi connectivity index (χ4n) is 3.91. The highest BCUT2D eigenvalue weighted by atomic mass is 32.2. The minimum Gasteiger partial charge on any atom is -0.506 e. The summed E-state index contributed by atoms with van der Waals surface area (Å²) in [5.41, 5.74) is 2.53. The van der Waals surface area contributed by atoms with Gasteiger partial charge in [0, 0.05) is 17.1 Å². The Kier molecular flexibility index (Phi) is 6.00. The number of phenolic OH excluding ortho intramolecular Hbond substituents is 1. The molecule has 0 atom stereocenters. The molecule has 1 aliphatic heterocycles. The van der Waals surface area contributed by atoms with Gasteiger partial charge in [0.05, 0.1) is 10.4 Å². The summed E-state index contributed by atoms with van der Waals surface area (Å²) in [6.45, 7) is 3.79. The number of benzene rings is 3. The van der Waals surface area contributed by atoms with Gasteiger partial charge in [0.25, 0.3) is 11.1 Å². The van der Waals surface area contributed by atoms with E-state index < -0.39 is 28.7 Å². The Balaban J connectivity index is 1.58. The Morgan fingerprint density at radius 2 is 1.76 bits per heavy atom. The number of carbonyl (C=O) groups excluding carboxylic acids is 2. The van der Waals surface area contributed by atoms with Gasteiger partial charge in [-0.3, -0.25) is 19.5 Å². The number of hydrogen-bond donors (Lipinski definition) is 3. The quantitative estimate of drug-likeness (QED) is 0.205. The van der Waals surface area contributed by atoms with Gasteiger partial charge in [0.15, 0.2) is 11.5 Å². The van der Waals surface area contributed by atoms with Crippen LogP contribution in [0.2, 0.25) is 0 Å². The Bertz CT molecular complexity index is 1690. The predicted molar refractivity (Wildman–Crippen MR) is 136 cm³/mol. The van der Waals surface area contributed by atoms with E-state index in [9.17, 15) is 28.6 Å². The summed E-state index contributed by atoms with van der Waals surface area (Å²) in [5, 5.41) is 31.1. The number of fused-ring (bicyclic) bond motifs is 1. The number of aromatic hydroxyl groups is 2. The lowest BCUT2D eigenvalue weighted by atomic mass is 10.1. The first kappa shape index (κ1) is 24.2. The lowest BCUT2D eigenvalue weighted by Crippen LogP contribution is -2.17. The van der Waals surface area contributed by atoms with Crippen LogP contribution in [0.4, 0.5) is 25.0 Å². The summed E-state index contributed by atoms with van der Waals surface area (Å²) in [5.74, 6) is -3.04. The molecule has 37 heavy (non-hydrogen) atoms. The molecule has 0 saturated carbocycles. The summed E-state index contributed by atoms with van der Waals surface area (Å²) in [6.07, 6.45) is 1.43. The molecule has 3 N–H and O–H groups in total. The Hall–Kier alpha value is -4.51. The third kappa shape index (κ3) is 4.45. The van der Waals surface area contributed by atoms with Crippen LogP contribution in [0, 0.1) is 25.5 Å². The number of phenols is 1. The number of rotatable bonds is 4. The predicted octanol–water partition coefficient (Wildman–Crippen LogP) is 6.68. The van der Waals surface area contributed by atoms with Gasteiger partial charge in [-0.2, -0.15) is 0 Å². The van der Waals surface area contributed by atoms with E-state index in [2.05, 4.69) is 15.5 Å². The Labute approximate surface area is 213 Å². The number of azo groups is 1. The van der Waals surface area contributed by atoms with Crippen LogP contribution in [0.1, 0.15) is 16.7 Å². The first-order valence-corrected chi connectivity index (χ1v) is 11.7. The van der Waals surface area contributed by atoms with Crippen LogP contribution >= 0.6 is 11.8 Å². The number of nitrogens with zero attached hydrogens (tertiary/aromatic N) is 3. The number of carbonyl (C=O) groups is 2. The Morgan fingerprint density at radius 1 is 0.973 bits per heavy atom. The van der Waals surface area contributed by atoms with Crippen LogP contribution < -0.4 is 5.32 Å². The lowest BCUT2D eigenvalue weighted by Gasteiger charge is -2.10. The van der Waals surface area contributed by atoms with Crippen molar-refractivity contribution in [3.63, 3.8) is 0 Å². The van der Waals surface area contributed by atoms with Gasteiger partial charge in [-0.05, 0) is 78.7 Å². The van der Waals surface area contributed by atoms with Crippen LogP contribution in [0.5, 0.6) is 11.6 Å². The summed E-state index contributed by atoms with van der Waals surface area (Å²) < 4.78 is 30.3. The molecule has 2 heterocycles. The highest BCUT2D eigenvalue weighted by Crippen LogP contribution is 2.43. The molecule has 4 aromatic rings. The van der Waals surface area contributed by atoms with Crippen molar-refractivity contribution < 1.29 is 28.6 Å². The molecular weight excluding hydrogens is 502 g/mol. The highest BCUT2D eigenvalue weighted by Gasteiger charge is 2.25. The second-order valence-electron chi connectivity index (χ2n) is 8.36. The van der Waals surface area contributed by atoms with Gasteiger partial charge < -0.3 is 10.2 Å². The minimum absolute atomic E-state index is 0.00473. The van der Waals surface area contributed by atoms with Crippen LogP contribution in [-0.2, 0) is 4.79 Å². The number of nitrogens with one attached hydrogen (secondary N) is 1. The normalized spacial score (nSPS) is 14.9. The maximum absolute atomic E-state index is 14.9. The van der Waals surface area contributed by atoms with Crippen molar-refractivity contribution in [2.24, 2.45) is 10.2 Å². The summed E-state index contributed by atoms with van der Waals surface area (Å²) in [7, 11) is 0. The van der Waals surface area contributed by atoms with E-state index >= 15 is 0 Å². The highest BCUT2D eigenvalue weighted by molar-refractivity contribution is 8.18. The molecule has 1 aliphatic rings. The second kappa shape index (κ2) is 9.17. The number of hydrogen-bond acceptors (Lipinski definition) is 7. The van der Waals surface area contributed by atoms with Gasteiger partial charge in [-0.15, -0.1) is 10.2 Å². The molecule has 186 valence electrons. The van der Waals surface area contributed by atoms with Crippen LogP contribution in [0.3, 0.4) is 0 Å². The molecular formula is C26H18F2N4O4S. The lowest BCUT2D eigenvalue weighted by molar-refractivity contribution is -0.115. The zero-order valence-corrected chi connectivity index (χ0v) is 20.2. The van der Waals surface area contributed by atoms with Crippen molar-refractivity contribution in [2.75, 3.05) is 0 Å². The molecule has 5 rings (SSSR count). The molecule has 1 saturated heterocycles. The standard InChI is InChI=1S/C26H18F2N4O4S/c1-12-3-5-16(7-13(12)2)32-23-17(10-15(27)11-18(23)28)22(25(32)35)31-30-19-6-4-14(8-20(19)33)9-21-24(34)29-26(36)37-21/h3-11,33,35H,1-2H3,(H,29,34,36). The molecule has 0 unspecified atom stereocenters. The molecule has 8 nitrogen and oxygen atoms in total. The number of thioether (sulfide) groups is 1. The molecule has 0 radical (unpaired) electrons. The smallest absolute Gasteiger partial charge is 0.290 e. The fraction of sp³-hybridized carbons (Fsp3) is 0.0769. The number of halogens is 2. The first-order chi connectivity index (χ1) is 17.6. The Morgan fingerprint density at radius 3 is 2.43 bits per heavy atom. The molecule has 0 aliphatic carbocycles. The summed E-state index contributed by atoms with van der Waals surface area (Å²) >= 11 is 0.740. The number of amides is 2. The van der Waals surface area contributed by atoms with Gasteiger partial charge in [0.1, 0.15) is 17.3 Å². The largest absolute Gasteiger partial charge is 0.506 e. The molecule has 1 fully saturated rings. The van der Waals surface area contributed by atoms with E-state index in [1.807, 2.05) is 19.9 Å². The SMILES string of the molecule is Cc1ccc(-n2c(O)c(N=Nc3ccc(C=C4SC(=O)NC4=O)cc3O)c3cc(F)cc(F)c32)cc1C. The van der Waals surface area contributed by atoms with Gasteiger partial charge in [-0.25, -0.2) is 8.78 Å². The van der Waals surface area contributed by atoms with E-state index in [-0.39, 0.29) is 32.9 Å². The first-order valence-electron chi connectivity index (χ1n) is 10.9. The van der Waals surface area contributed by atoms with Crippen molar-refractivity contribution in [3.8, 4) is 17.3 Å². The third-order valence-corrected chi connectivity index (χ3v) is 6.69. The number of aryl methyl sites for hydroxylation is 2. The van der Waals surface area contributed by atoms with Crippen molar-refractivity contribution in [2.45, 2.75) is 13.8 Å². The average molecular weight is 521 g/mol. The van der Waals surface area contributed by atoms with Crippen molar-refractivity contribution in [1.29, 1.82) is 0 Å². The molecule has 1 aromatic heterocycles. The molecule has 0 spiro atoms. The van der Waals surface area contributed by atoms with E-state index in [4.69, 9.17) is 0 Å². The summed E-state index contributed by atoms with van der Waals surface area (Å²) in [4.78, 5) is 23.2.